The summed E-state index contributed by atoms with van der Waals surface area (Å²) in [6, 6.07) is 4.96. The van der Waals surface area contributed by atoms with Gasteiger partial charge in [0, 0.05) is 18.5 Å². The predicted octanol–water partition coefficient (Wildman–Crippen LogP) is 6.68. The summed E-state index contributed by atoms with van der Waals surface area (Å²) in [6.45, 7) is 5.98. The normalized spacial score (nSPS) is 20.2. The lowest BCUT2D eigenvalue weighted by molar-refractivity contribution is -0.142. The zero-order chi connectivity index (χ0) is 29.7. The maximum atomic E-state index is 15.1. The first-order valence-corrected chi connectivity index (χ1v) is 13.3. The minimum Gasteiger partial charge on any atom is -0.451 e. The van der Waals surface area contributed by atoms with Gasteiger partial charge >= 0.3 is 6.18 Å². The Balaban J connectivity index is 1.48. The summed E-state index contributed by atoms with van der Waals surface area (Å²) in [7, 11) is 1.93. The minimum absolute atomic E-state index is 0.0162. The average molecular weight is 581 g/mol. The van der Waals surface area contributed by atoms with Crippen molar-refractivity contribution in [3.05, 3.63) is 53.4 Å². The van der Waals surface area contributed by atoms with Crippen molar-refractivity contribution in [2.75, 3.05) is 36.9 Å². The first-order chi connectivity index (χ1) is 19.2. The average Bonchev–Trinajstić information content (AvgIpc) is 2.89. The third-order valence-corrected chi connectivity index (χ3v) is 7.34. The van der Waals surface area contributed by atoms with Crippen molar-refractivity contribution in [3.63, 3.8) is 0 Å². The van der Waals surface area contributed by atoms with Gasteiger partial charge in [0.2, 0.25) is 5.95 Å². The van der Waals surface area contributed by atoms with Gasteiger partial charge in [-0.15, -0.1) is 0 Å². The number of ether oxygens (including phenoxy) is 1. The zero-order valence-corrected chi connectivity index (χ0v) is 23.0. The molecule has 2 aliphatic rings. The molecule has 0 radical (unpaired) electrons. The van der Waals surface area contributed by atoms with Crippen molar-refractivity contribution in [1.82, 2.24) is 19.9 Å². The van der Waals surface area contributed by atoms with Crippen LogP contribution < -0.4 is 15.0 Å². The number of hydrogen-bond acceptors (Lipinski definition) is 7. The highest BCUT2D eigenvalue weighted by atomic mass is 19.4. The number of alkyl halides is 4. The summed E-state index contributed by atoms with van der Waals surface area (Å²) in [5, 5.41) is 2.62. The third kappa shape index (κ3) is 6.04. The highest BCUT2D eigenvalue weighted by Crippen LogP contribution is 2.43. The molecule has 1 saturated heterocycles. The Hall–Kier alpha value is -3.61. The van der Waals surface area contributed by atoms with E-state index < -0.39 is 29.4 Å². The molecule has 13 heteroatoms. The number of pyridine rings is 1. The first-order valence-electron chi connectivity index (χ1n) is 13.3. The third-order valence-electron chi connectivity index (χ3n) is 7.34. The maximum absolute atomic E-state index is 15.1. The largest absolute Gasteiger partial charge is 0.451 e. The van der Waals surface area contributed by atoms with Crippen LogP contribution in [0, 0.1) is 11.6 Å². The second kappa shape index (κ2) is 10.7. The Morgan fingerprint density at radius 3 is 2.44 bits per heavy atom. The number of anilines is 3. The van der Waals surface area contributed by atoms with Crippen molar-refractivity contribution >= 4 is 17.5 Å². The van der Waals surface area contributed by atoms with Crippen molar-refractivity contribution in [1.29, 1.82) is 0 Å². The molecular weight excluding hydrogens is 550 g/mol. The van der Waals surface area contributed by atoms with Crippen LogP contribution in [0.15, 0.2) is 30.5 Å². The molecule has 1 N–H and O–H groups in total. The fourth-order valence-electron chi connectivity index (χ4n) is 5.29. The number of piperidine rings is 1. The summed E-state index contributed by atoms with van der Waals surface area (Å²) in [5.41, 5.74) is -0.936. The smallest absolute Gasteiger partial charge is 0.433 e. The lowest BCUT2D eigenvalue weighted by Gasteiger charge is -2.40. The highest BCUT2D eigenvalue weighted by molar-refractivity contribution is 5.73. The summed E-state index contributed by atoms with van der Waals surface area (Å²) in [5.74, 6) is -4.94. The SMILES string of the molecule is CC(C)N1CC(C)(F)Oc2c(F)cc(-c3nc(Nc4ccc(C5CCN(C)CC5)c(C(F)(F)F)n4)ncc3F)cc21. The molecule has 2 aromatic heterocycles. The molecule has 0 saturated carbocycles. The Morgan fingerprint density at radius 1 is 1.07 bits per heavy atom. The first kappa shape index (κ1) is 28.9. The number of likely N-dealkylation sites (tertiary alicyclic amines) is 1. The van der Waals surface area contributed by atoms with Crippen LogP contribution in [0.3, 0.4) is 0 Å². The van der Waals surface area contributed by atoms with Crippen molar-refractivity contribution in [2.24, 2.45) is 0 Å². The van der Waals surface area contributed by atoms with E-state index in [1.807, 2.05) is 7.05 Å². The van der Waals surface area contributed by atoms with E-state index in [4.69, 9.17) is 4.74 Å². The molecule has 41 heavy (non-hydrogen) atoms. The molecule has 220 valence electrons. The van der Waals surface area contributed by atoms with E-state index in [0.29, 0.717) is 25.9 Å². The van der Waals surface area contributed by atoms with E-state index in [1.165, 1.54) is 25.1 Å². The van der Waals surface area contributed by atoms with Gasteiger partial charge in [0.1, 0.15) is 17.2 Å². The summed E-state index contributed by atoms with van der Waals surface area (Å²) < 4.78 is 92.0. The van der Waals surface area contributed by atoms with Gasteiger partial charge in [-0.25, -0.2) is 23.7 Å². The molecule has 5 rings (SSSR count). The summed E-state index contributed by atoms with van der Waals surface area (Å²) in [4.78, 5) is 15.4. The number of rotatable bonds is 5. The van der Waals surface area contributed by atoms with Crippen molar-refractivity contribution in [2.45, 2.75) is 57.6 Å². The second-order valence-corrected chi connectivity index (χ2v) is 11.0. The Bertz CT molecular complexity index is 1440. The van der Waals surface area contributed by atoms with Crippen molar-refractivity contribution < 1.29 is 31.1 Å². The van der Waals surface area contributed by atoms with Gasteiger partial charge < -0.3 is 19.9 Å². The molecule has 0 aliphatic carbocycles. The van der Waals surface area contributed by atoms with E-state index in [1.54, 1.807) is 18.7 Å². The molecule has 3 aromatic rings. The zero-order valence-electron chi connectivity index (χ0n) is 23.0. The van der Waals surface area contributed by atoms with Crippen LogP contribution in [0.5, 0.6) is 5.75 Å². The Morgan fingerprint density at radius 2 is 1.78 bits per heavy atom. The Kier molecular flexibility index (Phi) is 7.51. The monoisotopic (exact) mass is 580 g/mol. The molecule has 1 fully saturated rings. The minimum atomic E-state index is -4.69. The number of benzene rings is 1. The number of halogens is 6. The number of fused-ring (bicyclic) bond motifs is 1. The van der Waals surface area contributed by atoms with Gasteiger partial charge in [0.15, 0.2) is 17.4 Å². The highest BCUT2D eigenvalue weighted by Gasteiger charge is 2.40. The molecular formula is C28H30F6N6O. The lowest BCUT2D eigenvalue weighted by Crippen LogP contribution is -2.49. The lowest BCUT2D eigenvalue weighted by atomic mass is 9.88. The maximum Gasteiger partial charge on any atom is 0.433 e. The summed E-state index contributed by atoms with van der Waals surface area (Å²) >= 11 is 0. The number of aromatic nitrogens is 3. The summed E-state index contributed by atoms with van der Waals surface area (Å²) in [6.07, 6.45) is -2.69. The fraction of sp³-hybridized carbons (Fsp3) is 0.464. The molecule has 1 aromatic carbocycles. The van der Waals surface area contributed by atoms with Crippen LogP contribution in [-0.2, 0) is 6.18 Å². The molecule has 0 amide bonds. The molecule has 4 heterocycles. The second-order valence-electron chi connectivity index (χ2n) is 11.0. The van der Waals surface area contributed by atoms with Gasteiger partial charge in [0.05, 0.1) is 18.4 Å². The standard InChI is InChI=1S/C28H30F6N6O/c1-15(2)40-14-27(3,31)41-24-19(29)11-17(12-21(24)40)23-20(30)13-35-26(38-23)37-22-6-5-18(25(36-22)28(32,33)34)16-7-9-39(4)10-8-16/h5-6,11-13,15-16H,7-10,14H2,1-4H3,(H,35,36,37,38). The number of hydrogen-bond donors (Lipinski definition) is 1. The molecule has 0 spiro atoms. The van der Waals surface area contributed by atoms with Gasteiger partial charge in [-0.05, 0) is 76.5 Å². The topological polar surface area (TPSA) is 66.4 Å². The molecule has 1 unspecified atom stereocenters. The van der Waals surface area contributed by atoms with Gasteiger partial charge in [-0.3, -0.25) is 0 Å². The fourth-order valence-corrected chi connectivity index (χ4v) is 5.29. The molecule has 2 aliphatic heterocycles. The van der Waals surface area contributed by atoms with Crippen LogP contribution in [0.4, 0.5) is 43.8 Å². The Labute approximate surface area is 233 Å². The van der Waals surface area contributed by atoms with E-state index in [0.717, 1.165) is 12.3 Å². The molecule has 7 nitrogen and oxygen atoms in total. The van der Waals surface area contributed by atoms with Crippen LogP contribution in [-0.4, -0.2) is 58.4 Å². The van der Waals surface area contributed by atoms with Crippen LogP contribution in [0.2, 0.25) is 0 Å². The van der Waals surface area contributed by atoms with Crippen LogP contribution in [0.25, 0.3) is 11.3 Å². The number of nitrogens with zero attached hydrogens (tertiary/aromatic N) is 5. The predicted molar refractivity (Wildman–Crippen MR) is 142 cm³/mol. The van der Waals surface area contributed by atoms with E-state index >= 15 is 4.39 Å². The van der Waals surface area contributed by atoms with E-state index in [-0.39, 0.29) is 58.5 Å². The number of nitrogens with one attached hydrogen (secondary N) is 1. The van der Waals surface area contributed by atoms with Crippen LogP contribution >= 0.6 is 0 Å². The van der Waals surface area contributed by atoms with E-state index in [9.17, 15) is 22.0 Å². The van der Waals surface area contributed by atoms with Gasteiger partial charge in [-0.1, -0.05) is 6.07 Å². The van der Waals surface area contributed by atoms with Gasteiger partial charge in [0.25, 0.3) is 5.85 Å². The van der Waals surface area contributed by atoms with E-state index in [2.05, 4.69) is 25.2 Å². The van der Waals surface area contributed by atoms with Crippen LogP contribution in [0.1, 0.15) is 50.8 Å². The molecule has 1 atom stereocenters. The molecule has 0 bridgehead atoms. The van der Waals surface area contributed by atoms with Gasteiger partial charge in [-0.2, -0.15) is 17.6 Å². The van der Waals surface area contributed by atoms with Crippen molar-refractivity contribution in [3.8, 4) is 17.0 Å². The quantitative estimate of drug-likeness (QED) is 0.338.